The summed E-state index contributed by atoms with van der Waals surface area (Å²) < 4.78 is 5.26. The highest BCUT2D eigenvalue weighted by Gasteiger charge is 2.09. The summed E-state index contributed by atoms with van der Waals surface area (Å²) in [5.74, 6) is 1.67. The second kappa shape index (κ2) is 6.65. The third-order valence-corrected chi connectivity index (χ3v) is 4.15. The van der Waals surface area contributed by atoms with Gasteiger partial charge in [0.05, 0.1) is 12.8 Å². The van der Waals surface area contributed by atoms with E-state index in [2.05, 4.69) is 23.5 Å². The van der Waals surface area contributed by atoms with E-state index in [1.807, 2.05) is 66.7 Å². The molecule has 0 aliphatic heterocycles. The maximum Gasteiger partial charge on any atom is 0.131 e. The monoisotopic (exact) mass is 326 g/mol. The highest BCUT2D eigenvalue weighted by molar-refractivity contribution is 5.96. The molecule has 0 unspecified atom stereocenters. The zero-order chi connectivity index (χ0) is 17.1. The number of hydrogen-bond donors (Lipinski definition) is 1. The molecule has 25 heavy (non-hydrogen) atoms. The van der Waals surface area contributed by atoms with E-state index in [-0.39, 0.29) is 0 Å². The molecule has 3 aromatic carbocycles. The molecule has 1 aromatic heterocycles. The van der Waals surface area contributed by atoms with Crippen LogP contribution in [0.2, 0.25) is 0 Å². The average Bonchev–Trinajstić information content (AvgIpc) is 2.68. The molecule has 0 aliphatic carbocycles. The zero-order valence-electron chi connectivity index (χ0n) is 13.9. The van der Waals surface area contributed by atoms with Gasteiger partial charge in [0.2, 0.25) is 0 Å². The molecule has 122 valence electrons. The van der Waals surface area contributed by atoms with Gasteiger partial charge >= 0.3 is 0 Å². The smallest absolute Gasteiger partial charge is 0.131 e. The summed E-state index contributed by atoms with van der Waals surface area (Å²) in [5, 5.41) is 5.68. The number of nitrogens with one attached hydrogen (secondary N) is 1. The largest absolute Gasteiger partial charge is 0.497 e. The van der Waals surface area contributed by atoms with E-state index in [1.54, 1.807) is 7.11 Å². The fourth-order valence-corrected chi connectivity index (χ4v) is 2.90. The van der Waals surface area contributed by atoms with Gasteiger partial charge in [-0.15, -0.1) is 0 Å². The van der Waals surface area contributed by atoms with E-state index in [4.69, 9.17) is 9.72 Å². The van der Waals surface area contributed by atoms with Gasteiger partial charge in [-0.05, 0) is 47.9 Å². The molecule has 0 bridgehead atoms. The van der Waals surface area contributed by atoms with Crippen molar-refractivity contribution >= 4 is 22.3 Å². The van der Waals surface area contributed by atoms with Crippen molar-refractivity contribution in [2.75, 3.05) is 12.4 Å². The van der Waals surface area contributed by atoms with Crippen LogP contribution >= 0.6 is 0 Å². The molecule has 4 aromatic rings. The van der Waals surface area contributed by atoms with Crippen molar-refractivity contribution in [2.45, 2.75) is 0 Å². The molecule has 0 aliphatic rings. The Morgan fingerprint density at radius 2 is 1.52 bits per heavy atom. The van der Waals surface area contributed by atoms with Crippen LogP contribution in [0.1, 0.15) is 0 Å². The normalized spacial score (nSPS) is 10.6. The van der Waals surface area contributed by atoms with Crippen LogP contribution in [0.5, 0.6) is 5.75 Å². The number of hydrogen-bond acceptors (Lipinski definition) is 3. The minimum atomic E-state index is 0.829. The molecule has 0 atom stereocenters. The maximum absolute atomic E-state index is 5.26. The summed E-state index contributed by atoms with van der Waals surface area (Å²) in [6.07, 6.45) is 0. The average molecular weight is 326 g/mol. The standard InChI is InChI=1S/C22H18N2O/c1-25-19-13-11-16(12-14-19)22-20-10-6-5-7-17(20)15-21(24-22)23-18-8-3-2-4-9-18/h2-15H,1H3,(H,23,24). The van der Waals surface area contributed by atoms with E-state index in [0.717, 1.165) is 39.3 Å². The summed E-state index contributed by atoms with van der Waals surface area (Å²) in [7, 11) is 1.67. The van der Waals surface area contributed by atoms with E-state index in [0.29, 0.717) is 0 Å². The van der Waals surface area contributed by atoms with E-state index in [9.17, 15) is 0 Å². The Morgan fingerprint density at radius 3 is 2.28 bits per heavy atom. The van der Waals surface area contributed by atoms with Crippen molar-refractivity contribution in [3.8, 4) is 17.0 Å². The number of methoxy groups -OCH3 is 1. The molecule has 3 heteroatoms. The molecule has 0 amide bonds. The fraction of sp³-hybridized carbons (Fsp3) is 0.0455. The van der Waals surface area contributed by atoms with Crippen LogP contribution < -0.4 is 10.1 Å². The molecule has 1 heterocycles. The lowest BCUT2D eigenvalue weighted by molar-refractivity contribution is 0.415. The first-order chi connectivity index (χ1) is 12.3. The van der Waals surface area contributed by atoms with E-state index in [1.165, 1.54) is 0 Å². The number of para-hydroxylation sites is 1. The summed E-state index contributed by atoms with van der Waals surface area (Å²) >= 11 is 0. The lowest BCUT2D eigenvalue weighted by Crippen LogP contribution is -1.96. The number of aromatic nitrogens is 1. The van der Waals surface area contributed by atoms with Gasteiger partial charge in [0.15, 0.2) is 0 Å². The van der Waals surface area contributed by atoms with Crippen LogP contribution in [-0.2, 0) is 0 Å². The summed E-state index contributed by atoms with van der Waals surface area (Å²) in [4.78, 5) is 4.87. The van der Waals surface area contributed by atoms with Crippen molar-refractivity contribution < 1.29 is 4.74 Å². The van der Waals surface area contributed by atoms with Crippen molar-refractivity contribution in [2.24, 2.45) is 0 Å². The number of nitrogens with zero attached hydrogens (tertiary/aromatic N) is 1. The molecule has 0 fully saturated rings. The minimum Gasteiger partial charge on any atom is -0.497 e. The van der Waals surface area contributed by atoms with Crippen LogP contribution in [-0.4, -0.2) is 12.1 Å². The van der Waals surface area contributed by atoms with Gasteiger partial charge in [-0.1, -0.05) is 42.5 Å². The molecule has 1 N–H and O–H groups in total. The van der Waals surface area contributed by atoms with Crippen molar-refractivity contribution in [1.29, 1.82) is 0 Å². The van der Waals surface area contributed by atoms with Gasteiger partial charge in [-0.3, -0.25) is 0 Å². The van der Waals surface area contributed by atoms with E-state index >= 15 is 0 Å². The highest BCUT2D eigenvalue weighted by Crippen LogP contribution is 2.31. The van der Waals surface area contributed by atoms with Gasteiger partial charge in [0.25, 0.3) is 0 Å². The van der Waals surface area contributed by atoms with Crippen LogP contribution in [0.3, 0.4) is 0 Å². The van der Waals surface area contributed by atoms with Crippen molar-refractivity contribution in [3.05, 3.63) is 84.9 Å². The summed E-state index contributed by atoms with van der Waals surface area (Å²) in [6.45, 7) is 0. The number of benzene rings is 3. The summed E-state index contributed by atoms with van der Waals surface area (Å²) in [5.41, 5.74) is 3.04. The zero-order valence-corrected chi connectivity index (χ0v) is 13.9. The Kier molecular flexibility index (Phi) is 4.05. The number of pyridine rings is 1. The molecular formula is C22H18N2O. The SMILES string of the molecule is COc1ccc(-c2nc(Nc3ccccc3)cc3ccccc23)cc1. The van der Waals surface area contributed by atoms with Crippen LogP contribution in [0.4, 0.5) is 11.5 Å². The quantitative estimate of drug-likeness (QED) is 0.526. The van der Waals surface area contributed by atoms with Crippen LogP contribution in [0.25, 0.3) is 22.0 Å². The second-order valence-electron chi connectivity index (χ2n) is 5.80. The number of rotatable bonds is 4. The van der Waals surface area contributed by atoms with Crippen LogP contribution in [0.15, 0.2) is 84.9 Å². The maximum atomic E-state index is 5.26. The number of ether oxygens (including phenoxy) is 1. The Labute approximate surface area is 146 Å². The van der Waals surface area contributed by atoms with Crippen molar-refractivity contribution in [1.82, 2.24) is 4.98 Å². The molecule has 4 rings (SSSR count). The lowest BCUT2D eigenvalue weighted by atomic mass is 10.0. The van der Waals surface area contributed by atoms with Gasteiger partial charge in [0.1, 0.15) is 11.6 Å². The van der Waals surface area contributed by atoms with E-state index < -0.39 is 0 Å². The summed E-state index contributed by atoms with van der Waals surface area (Å²) in [6, 6.07) is 28.5. The van der Waals surface area contributed by atoms with Crippen molar-refractivity contribution in [3.63, 3.8) is 0 Å². The molecular weight excluding hydrogens is 308 g/mol. The minimum absolute atomic E-state index is 0.829. The topological polar surface area (TPSA) is 34.1 Å². The first-order valence-corrected chi connectivity index (χ1v) is 8.20. The number of fused-ring (bicyclic) bond motifs is 1. The number of anilines is 2. The highest BCUT2D eigenvalue weighted by atomic mass is 16.5. The second-order valence-corrected chi connectivity index (χ2v) is 5.80. The molecule has 3 nitrogen and oxygen atoms in total. The first-order valence-electron chi connectivity index (χ1n) is 8.20. The predicted molar refractivity (Wildman–Crippen MR) is 103 cm³/mol. The third-order valence-electron chi connectivity index (χ3n) is 4.15. The van der Waals surface area contributed by atoms with Gasteiger partial charge in [-0.2, -0.15) is 0 Å². The third kappa shape index (κ3) is 3.17. The Balaban J connectivity index is 1.83. The fourth-order valence-electron chi connectivity index (χ4n) is 2.90. The molecule has 0 saturated carbocycles. The van der Waals surface area contributed by atoms with Gasteiger partial charge in [0, 0.05) is 16.6 Å². The Hall–Kier alpha value is -3.33. The lowest BCUT2D eigenvalue weighted by Gasteiger charge is -2.12. The Bertz CT molecular complexity index is 995. The molecule has 0 saturated heterocycles. The van der Waals surface area contributed by atoms with Crippen LogP contribution in [0, 0.1) is 0 Å². The van der Waals surface area contributed by atoms with Gasteiger partial charge in [-0.25, -0.2) is 4.98 Å². The van der Waals surface area contributed by atoms with Gasteiger partial charge < -0.3 is 10.1 Å². The molecule has 0 radical (unpaired) electrons. The predicted octanol–water partition coefficient (Wildman–Crippen LogP) is 5.65. The first kappa shape index (κ1) is 15.2. The Morgan fingerprint density at radius 1 is 0.800 bits per heavy atom. The molecule has 0 spiro atoms.